The van der Waals surface area contributed by atoms with Crippen LogP contribution in [0.2, 0.25) is 0 Å². The number of likely N-dealkylation sites (tertiary alicyclic amines) is 2. The SMILES string of the molecule is CNC(=O)CN1CCC2(CCCN(C(=O)c3ccn(C)n3)C2)CC1. The van der Waals surface area contributed by atoms with Crippen LogP contribution in [0.4, 0.5) is 0 Å². The standard InChI is InChI=1S/C17H27N5O2/c1-18-15(23)12-21-10-6-17(7-11-21)5-3-8-22(13-17)16(24)14-4-9-20(2)19-14/h4,9H,3,5-8,10-13H2,1-2H3,(H,18,23). The number of aromatic nitrogens is 2. The van der Waals surface area contributed by atoms with Crippen molar-refractivity contribution < 1.29 is 9.59 Å². The van der Waals surface area contributed by atoms with Gasteiger partial charge in [-0.3, -0.25) is 19.2 Å². The van der Waals surface area contributed by atoms with E-state index in [0.29, 0.717) is 12.2 Å². The van der Waals surface area contributed by atoms with Crippen molar-refractivity contribution in [2.75, 3.05) is 39.8 Å². The van der Waals surface area contributed by atoms with E-state index in [1.165, 1.54) is 6.42 Å². The zero-order valence-electron chi connectivity index (χ0n) is 14.6. The molecule has 2 saturated heterocycles. The maximum Gasteiger partial charge on any atom is 0.274 e. The molecule has 0 bridgehead atoms. The van der Waals surface area contributed by atoms with Crippen LogP contribution in [0.1, 0.15) is 36.2 Å². The van der Waals surface area contributed by atoms with Gasteiger partial charge in [0.2, 0.25) is 5.91 Å². The predicted molar refractivity (Wildman–Crippen MR) is 90.5 cm³/mol. The Morgan fingerprint density at radius 3 is 2.62 bits per heavy atom. The minimum Gasteiger partial charge on any atom is -0.358 e. The Labute approximate surface area is 143 Å². The third kappa shape index (κ3) is 3.61. The van der Waals surface area contributed by atoms with Gasteiger partial charge in [-0.05, 0) is 50.3 Å². The molecule has 0 radical (unpaired) electrons. The Kier molecular flexibility index (Phi) is 4.89. The first kappa shape index (κ1) is 17.0. The van der Waals surface area contributed by atoms with Crippen LogP contribution >= 0.6 is 0 Å². The van der Waals surface area contributed by atoms with Crippen LogP contribution in [-0.2, 0) is 11.8 Å². The molecule has 2 amide bonds. The molecule has 0 aliphatic carbocycles. The van der Waals surface area contributed by atoms with Crippen molar-refractivity contribution in [3.63, 3.8) is 0 Å². The summed E-state index contributed by atoms with van der Waals surface area (Å²) in [6, 6.07) is 1.79. The molecule has 1 aromatic rings. The Hall–Kier alpha value is -1.89. The molecular weight excluding hydrogens is 306 g/mol. The average molecular weight is 333 g/mol. The van der Waals surface area contributed by atoms with E-state index in [-0.39, 0.29) is 17.2 Å². The molecule has 0 unspecified atom stereocenters. The molecule has 0 atom stereocenters. The predicted octanol–water partition coefficient (Wildman–Crippen LogP) is 0.484. The summed E-state index contributed by atoms with van der Waals surface area (Å²) in [6.45, 7) is 3.97. The molecule has 24 heavy (non-hydrogen) atoms. The van der Waals surface area contributed by atoms with Crippen LogP contribution in [0.15, 0.2) is 12.3 Å². The van der Waals surface area contributed by atoms with Crippen LogP contribution in [-0.4, -0.2) is 71.2 Å². The van der Waals surface area contributed by atoms with Gasteiger partial charge in [-0.1, -0.05) is 0 Å². The minimum absolute atomic E-state index is 0.0439. The molecule has 0 aromatic carbocycles. The maximum absolute atomic E-state index is 12.7. The van der Waals surface area contributed by atoms with Gasteiger partial charge in [-0.25, -0.2) is 0 Å². The highest BCUT2D eigenvalue weighted by Gasteiger charge is 2.40. The number of piperidine rings is 2. The molecule has 7 nitrogen and oxygen atoms in total. The van der Waals surface area contributed by atoms with Crippen molar-refractivity contribution in [3.8, 4) is 0 Å². The zero-order valence-corrected chi connectivity index (χ0v) is 14.6. The lowest BCUT2D eigenvalue weighted by Gasteiger charge is -2.47. The lowest BCUT2D eigenvalue weighted by Crippen LogP contribution is -2.52. The third-order valence-corrected chi connectivity index (χ3v) is 5.44. The van der Waals surface area contributed by atoms with Crippen LogP contribution in [0, 0.1) is 5.41 Å². The number of amides is 2. The summed E-state index contributed by atoms with van der Waals surface area (Å²) in [6.07, 6.45) is 6.14. The first-order valence-electron chi connectivity index (χ1n) is 8.73. The number of likely N-dealkylation sites (N-methyl/N-ethyl adjacent to an activating group) is 1. The molecule has 3 heterocycles. The molecular formula is C17H27N5O2. The number of rotatable bonds is 3. The summed E-state index contributed by atoms with van der Waals surface area (Å²) >= 11 is 0. The van der Waals surface area contributed by atoms with Crippen molar-refractivity contribution >= 4 is 11.8 Å². The fraction of sp³-hybridized carbons (Fsp3) is 0.706. The summed E-state index contributed by atoms with van der Waals surface area (Å²) < 4.78 is 1.67. The van der Waals surface area contributed by atoms with Crippen LogP contribution < -0.4 is 5.32 Å². The summed E-state index contributed by atoms with van der Waals surface area (Å²) in [7, 11) is 3.51. The van der Waals surface area contributed by atoms with Crippen LogP contribution in [0.3, 0.4) is 0 Å². The largest absolute Gasteiger partial charge is 0.358 e. The second-order valence-electron chi connectivity index (χ2n) is 7.15. The van der Waals surface area contributed by atoms with Crippen molar-refractivity contribution in [2.24, 2.45) is 12.5 Å². The Morgan fingerprint density at radius 1 is 1.25 bits per heavy atom. The summed E-state index contributed by atoms with van der Waals surface area (Å²) in [4.78, 5) is 28.4. The summed E-state index contributed by atoms with van der Waals surface area (Å²) in [5.41, 5.74) is 0.744. The van der Waals surface area contributed by atoms with Crippen LogP contribution in [0.5, 0.6) is 0 Å². The van der Waals surface area contributed by atoms with Gasteiger partial charge in [0.1, 0.15) is 5.69 Å². The smallest absolute Gasteiger partial charge is 0.274 e. The Balaban J connectivity index is 1.59. The normalized spacial score (nSPS) is 21.0. The molecule has 7 heteroatoms. The van der Waals surface area contributed by atoms with E-state index in [1.54, 1.807) is 17.8 Å². The van der Waals surface area contributed by atoms with Gasteiger partial charge in [-0.15, -0.1) is 0 Å². The van der Waals surface area contributed by atoms with Crippen molar-refractivity contribution in [2.45, 2.75) is 25.7 Å². The Bertz CT molecular complexity index is 604. The highest BCUT2D eigenvalue weighted by atomic mass is 16.2. The molecule has 2 fully saturated rings. The molecule has 0 saturated carbocycles. The lowest BCUT2D eigenvalue weighted by atomic mass is 9.72. The summed E-state index contributed by atoms with van der Waals surface area (Å²) in [5.74, 6) is 0.115. The number of nitrogens with one attached hydrogen (secondary N) is 1. The fourth-order valence-corrected chi connectivity index (χ4v) is 3.95. The highest BCUT2D eigenvalue weighted by molar-refractivity contribution is 5.92. The highest BCUT2D eigenvalue weighted by Crippen LogP contribution is 2.40. The minimum atomic E-state index is 0.0439. The van der Waals surface area contributed by atoms with E-state index in [4.69, 9.17) is 0 Å². The van der Waals surface area contributed by atoms with E-state index in [1.807, 2.05) is 18.1 Å². The second-order valence-corrected chi connectivity index (χ2v) is 7.15. The first-order chi connectivity index (χ1) is 11.5. The van der Waals surface area contributed by atoms with Crippen molar-refractivity contribution in [1.29, 1.82) is 0 Å². The third-order valence-electron chi connectivity index (χ3n) is 5.44. The number of nitrogens with zero attached hydrogens (tertiary/aromatic N) is 4. The molecule has 1 N–H and O–H groups in total. The van der Waals surface area contributed by atoms with Gasteiger partial charge in [0.25, 0.3) is 5.91 Å². The maximum atomic E-state index is 12.7. The topological polar surface area (TPSA) is 70.5 Å². The number of aryl methyl sites for hydroxylation is 1. The quantitative estimate of drug-likeness (QED) is 0.874. The van der Waals surface area contributed by atoms with Gasteiger partial charge in [-0.2, -0.15) is 5.10 Å². The van der Waals surface area contributed by atoms with Crippen molar-refractivity contribution in [3.05, 3.63) is 18.0 Å². The number of hydrogen-bond donors (Lipinski definition) is 1. The van der Waals surface area contributed by atoms with E-state index >= 15 is 0 Å². The zero-order chi connectivity index (χ0) is 17.2. The molecule has 3 rings (SSSR count). The molecule has 1 spiro atoms. The average Bonchev–Trinajstić information content (AvgIpc) is 3.03. The second kappa shape index (κ2) is 6.93. The molecule has 132 valence electrons. The van der Waals surface area contributed by atoms with E-state index < -0.39 is 0 Å². The van der Waals surface area contributed by atoms with Gasteiger partial charge in [0.05, 0.1) is 6.54 Å². The number of hydrogen-bond acceptors (Lipinski definition) is 4. The van der Waals surface area contributed by atoms with Gasteiger partial charge >= 0.3 is 0 Å². The van der Waals surface area contributed by atoms with E-state index in [0.717, 1.165) is 45.4 Å². The Morgan fingerprint density at radius 2 is 2.00 bits per heavy atom. The first-order valence-corrected chi connectivity index (χ1v) is 8.73. The molecule has 1 aromatic heterocycles. The lowest BCUT2D eigenvalue weighted by molar-refractivity contribution is -0.122. The van der Waals surface area contributed by atoms with Gasteiger partial charge in [0.15, 0.2) is 0 Å². The molecule has 2 aliphatic heterocycles. The van der Waals surface area contributed by atoms with E-state index in [9.17, 15) is 9.59 Å². The number of carbonyl (C=O) groups excluding carboxylic acids is 2. The monoisotopic (exact) mass is 333 g/mol. The van der Waals surface area contributed by atoms with E-state index in [2.05, 4.69) is 15.3 Å². The number of carbonyl (C=O) groups is 2. The van der Waals surface area contributed by atoms with Gasteiger partial charge < -0.3 is 10.2 Å². The fourth-order valence-electron chi connectivity index (χ4n) is 3.95. The molecule has 2 aliphatic rings. The van der Waals surface area contributed by atoms with Crippen LogP contribution in [0.25, 0.3) is 0 Å². The van der Waals surface area contributed by atoms with Gasteiger partial charge in [0, 0.05) is 33.4 Å². The van der Waals surface area contributed by atoms with Crippen molar-refractivity contribution in [1.82, 2.24) is 24.9 Å². The summed E-state index contributed by atoms with van der Waals surface area (Å²) in [5, 5.41) is 6.93.